The van der Waals surface area contributed by atoms with Gasteiger partial charge < -0.3 is 15.0 Å². The van der Waals surface area contributed by atoms with Crippen LogP contribution in [0.4, 0.5) is 0 Å². The van der Waals surface area contributed by atoms with E-state index in [9.17, 15) is 9.59 Å². The number of esters is 1. The fourth-order valence-electron chi connectivity index (χ4n) is 2.63. The molecule has 1 atom stereocenters. The summed E-state index contributed by atoms with van der Waals surface area (Å²) < 4.78 is 4.71. The maximum absolute atomic E-state index is 12.2. The second-order valence-electron chi connectivity index (χ2n) is 5.50. The Morgan fingerprint density at radius 2 is 2.05 bits per heavy atom. The highest BCUT2D eigenvalue weighted by Crippen LogP contribution is 2.21. The predicted octanol–water partition coefficient (Wildman–Crippen LogP) is 1.07. The van der Waals surface area contributed by atoms with Gasteiger partial charge in [-0.2, -0.15) is 0 Å². The molecule has 1 unspecified atom stereocenters. The number of carbonyl (C=O) groups excluding carboxylic acids is 2. The first kappa shape index (κ1) is 14.3. The largest absolute Gasteiger partial charge is 0.469 e. The van der Waals surface area contributed by atoms with E-state index in [-0.39, 0.29) is 17.9 Å². The first-order valence-electron chi connectivity index (χ1n) is 7.30. The van der Waals surface area contributed by atoms with Crippen LogP contribution < -0.4 is 5.32 Å². The van der Waals surface area contributed by atoms with Crippen molar-refractivity contribution in [1.29, 1.82) is 0 Å². The van der Waals surface area contributed by atoms with Crippen molar-refractivity contribution in [3.63, 3.8) is 0 Å². The Balaban J connectivity index is 1.78. The molecule has 2 aliphatic rings. The fraction of sp³-hybridized carbons (Fsp3) is 0.857. The molecule has 1 aliphatic carbocycles. The minimum atomic E-state index is -0.221. The van der Waals surface area contributed by atoms with E-state index in [4.69, 9.17) is 4.74 Å². The van der Waals surface area contributed by atoms with Crippen LogP contribution in [0, 0.1) is 0 Å². The lowest BCUT2D eigenvalue weighted by Gasteiger charge is -2.35. The van der Waals surface area contributed by atoms with Gasteiger partial charge in [-0.1, -0.05) is 0 Å². The summed E-state index contributed by atoms with van der Waals surface area (Å²) in [7, 11) is 1.40. The van der Waals surface area contributed by atoms with E-state index in [0.29, 0.717) is 18.9 Å². The number of piperidine rings is 1. The lowest BCUT2D eigenvalue weighted by molar-refractivity contribution is -0.144. The monoisotopic (exact) mass is 268 g/mol. The number of methoxy groups -OCH3 is 1. The molecule has 0 bridgehead atoms. The molecule has 2 rings (SSSR count). The summed E-state index contributed by atoms with van der Waals surface area (Å²) in [5.41, 5.74) is 0. The number of hydrogen-bond donors (Lipinski definition) is 1. The number of ether oxygens (including phenoxy) is 1. The van der Waals surface area contributed by atoms with Crippen molar-refractivity contribution in [2.45, 2.75) is 57.0 Å². The maximum Gasteiger partial charge on any atom is 0.307 e. The number of hydrogen-bond acceptors (Lipinski definition) is 4. The summed E-state index contributed by atoms with van der Waals surface area (Å²) in [5.74, 6) is -0.0532. The first-order valence-corrected chi connectivity index (χ1v) is 7.30. The van der Waals surface area contributed by atoms with Crippen molar-refractivity contribution in [3.8, 4) is 0 Å². The molecule has 108 valence electrons. The van der Waals surface area contributed by atoms with Crippen LogP contribution in [0.3, 0.4) is 0 Å². The van der Waals surface area contributed by atoms with E-state index in [1.54, 1.807) is 0 Å². The fourth-order valence-corrected chi connectivity index (χ4v) is 2.63. The zero-order valence-corrected chi connectivity index (χ0v) is 11.7. The summed E-state index contributed by atoms with van der Waals surface area (Å²) in [6, 6.07) is 0.676. The van der Waals surface area contributed by atoms with Crippen molar-refractivity contribution < 1.29 is 14.3 Å². The van der Waals surface area contributed by atoms with E-state index < -0.39 is 0 Å². The molecule has 5 heteroatoms. The predicted molar refractivity (Wildman–Crippen MR) is 71.6 cm³/mol. The van der Waals surface area contributed by atoms with Gasteiger partial charge in [-0.05, 0) is 32.1 Å². The summed E-state index contributed by atoms with van der Waals surface area (Å²) >= 11 is 0. The molecule has 1 heterocycles. The Morgan fingerprint density at radius 3 is 2.74 bits per heavy atom. The quantitative estimate of drug-likeness (QED) is 0.732. The summed E-state index contributed by atoms with van der Waals surface area (Å²) in [4.78, 5) is 25.5. The van der Waals surface area contributed by atoms with Crippen LogP contribution in [-0.2, 0) is 14.3 Å². The number of rotatable bonds is 6. The molecular formula is C14H24N2O3. The van der Waals surface area contributed by atoms with Gasteiger partial charge in [0.1, 0.15) is 0 Å². The van der Waals surface area contributed by atoms with Gasteiger partial charge >= 0.3 is 5.97 Å². The van der Waals surface area contributed by atoms with E-state index in [0.717, 1.165) is 32.4 Å². The van der Waals surface area contributed by atoms with Crippen LogP contribution in [0.5, 0.6) is 0 Å². The second-order valence-corrected chi connectivity index (χ2v) is 5.50. The normalized spacial score (nSPS) is 23.2. The summed E-state index contributed by atoms with van der Waals surface area (Å²) in [6.45, 7) is 1.54. The minimum absolute atomic E-state index is 0.0367. The zero-order chi connectivity index (χ0) is 13.7. The molecule has 0 spiro atoms. The van der Waals surface area contributed by atoms with Crippen LogP contribution in [0.25, 0.3) is 0 Å². The van der Waals surface area contributed by atoms with Gasteiger partial charge in [0.05, 0.1) is 13.5 Å². The molecule has 0 radical (unpaired) electrons. The third kappa shape index (κ3) is 4.49. The third-order valence-electron chi connectivity index (χ3n) is 3.93. The van der Waals surface area contributed by atoms with E-state index >= 15 is 0 Å². The van der Waals surface area contributed by atoms with Gasteiger partial charge in [0, 0.05) is 31.6 Å². The third-order valence-corrected chi connectivity index (χ3v) is 3.93. The Morgan fingerprint density at radius 1 is 1.26 bits per heavy atom. The van der Waals surface area contributed by atoms with Gasteiger partial charge in [-0.15, -0.1) is 0 Å². The first-order chi connectivity index (χ1) is 9.20. The SMILES string of the molecule is COC(=O)CC1CCCCN1C(=O)CCNC1CC1. The molecule has 1 saturated heterocycles. The molecule has 19 heavy (non-hydrogen) atoms. The van der Waals surface area contributed by atoms with Crippen molar-refractivity contribution in [1.82, 2.24) is 10.2 Å². The number of nitrogens with one attached hydrogen (secondary N) is 1. The van der Waals surface area contributed by atoms with E-state index in [1.807, 2.05) is 4.90 Å². The molecule has 5 nitrogen and oxygen atoms in total. The molecule has 2 fully saturated rings. The Kier molecular flexibility index (Phi) is 5.19. The zero-order valence-electron chi connectivity index (χ0n) is 11.7. The summed E-state index contributed by atoms with van der Waals surface area (Å²) in [6.07, 6.45) is 6.39. The van der Waals surface area contributed by atoms with Gasteiger partial charge in [-0.3, -0.25) is 9.59 Å². The van der Waals surface area contributed by atoms with Gasteiger partial charge in [0.2, 0.25) is 5.91 Å². The highest BCUT2D eigenvalue weighted by Gasteiger charge is 2.28. The Labute approximate surface area is 114 Å². The van der Waals surface area contributed by atoms with Crippen LogP contribution >= 0.6 is 0 Å². The second kappa shape index (κ2) is 6.89. The van der Waals surface area contributed by atoms with Crippen molar-refractivity contribution in [2.24, 2.45) is 0 Å². The number of nitrogens with zero attached hydrogens (tertiary/aromatic N) is 1. The lowest BCUT2D eigenvalue weighted by atomic mass is 9.99. The average Bonchev–Trinajstić information content (AvgIpc) is 3.23. The Hall–Kier alpha value is -1.10. The van der Waals surface area contributed by atoms with Gasteiger partial charge in [0.25, 0.3) is 0 Å². The van der Waals surface area contributed by atoms with Crippen molar-refractivity contribution in [2.75, 3.05) is 20.2 Å². The molecular weight excluding hydrogens is 244 g/mol. The van der Waals surface area contributed by atoms with Crippen LogP contribution in [-0.4, -0.2) is 49.1 Å². The number of amides is 1. The molecule has 0 aromatic rings. The highest BCUT2D eigenvalue weighted by atomic mass is 16.5. The van der Waals surface area contributed by atoms with Crippen LogP contribution in [0.2, 0.25) is 0 Å². The maximum atomic E-state index is 12.2. The smallest absolute Gasteiger partial charge is 0.307 e. The average molecular weight is 268 g/mol. The molecule has 1 aliphatic heterocycles. The Bertz CT molecular complexity index is 329. The molecule has 0 aromatic carbocycles. The molecule has 1 amide bonds. The van der Waals surface area contributed by atoms with Crippen LogP contribution in [0.1, 0.15) is 44.9 Å². The standard InChI is InChI=1S/C14H24N2O3/c1-19-14(18)10-12-4-2-3-9-16(12)13(17)7-8-15-11-5-6-11/h11-12,15H,2-10H2,1H3. The minimum Gasteiger partial charge on any atom is -0.469 e. The highest BCUT2D eigenvalue weighted by molar-refractivity contribution is 5.78. The van der Waals surface area contributed by atoms with Crippen molar-refractivity contribution in [3.05, 3.63) is 0 Å². The molecule has 1 saturated carbocycles. The van der Waals surface area contributed by atoms with Gasteiger partial charge in [0.15, 0.2) is 0 Å². The lowest BCUT2D eigenvalue weighted by Crippen LogP contribution is -2.45. The van der Waals surface area contributed by atoms with Crippen molar-refractivity contribution >= 4 is 11.9 Å². The number of likely N-dealkylation sites (tertiary alicyclic amines) is 1. The van der Waals surface area contributed by atoms with E-state index in [1.165, 1.54) is 20.0 Å². The van der Waals surface area contributed by atoms with E-state index in [2.05, 4.69) is 5.32 Å². The van der Waals surface area contributed by atoms with Crippen LogP contribution in [0.15, 0.2) is 0 Å². The number of carbonyl (C=O) groups is 2. The van der Waals surface area contributed by atoms with Gasteiger partial charge in [-0.25, -0.2) is 0 Å². The summed E-state index contributed by atoms with van der Waals surface area (Å²) in [5, 5.41) is 3.35. The molecule has 1 N–H and O–H groups in total. The topological polar surface area (TPSA) is 58.6 Å². The molecule has 0 aromatic heterocycles.